The number of fused-ring (bicyclic) bond motifs is 3. The molecule has 8 nitrogen and oxygen atoms in total. The highest BCUT2D eigenvalue weighted by molar-refractivity contribution is 5.61. The van der Waals surface area contributed by atoms with Crippen LogP contribution in [-0.4, -0.2) is 16.5 Å². The zero-order valence-corrected chi connectivity index (χ0v) is 13.8. The zero-order valence-electron chi connectivity index (χ0n) is 13.8. The number of benzene rings is 2. The molecule has 4 rings (SSSR count). The van der Waals surface area contributed by atoms with E-state index in [0.717, 1.165) is 29.7 Å². The summed E-state index contributed by atoms with van der Waals surface area (Å²) in [6, 6.07) is 11.2. The number of non-ortho nitro benzene ring substituents is 2. The number of nitrogens with zero attached hydrogens (tertiary/aromatic N) is 2. The highest BCUT2D eigenvalue weighted by atomic mass is 16.6. The van der Waals surface area contributed by atoms with E-state index in [1.54, 1.807) is 24.3 Å². The molecular formula is C18H17N3O5. The molecule has 3 atom stereocenters. The average molecular weight is 355 g/mol. The third-order valence-corrected chi connectivity index (χ3v) is 5.10. The van der Waals surface area contributed by atoms with Gasteiger partial charge in [-0.3, -0.25) is 20.2 Å². The van der Waals surface area contributed by atoms with Gasteiger partial charge in [0.05, 0.1) is 22.0 Å². The number of ether oxygens (including phenoxy) is 1. The van der Waals surface area contributed by atoms with Crippen LogP contribution in [0.2, 0.25) is 0 Å². The van der Waals surface area contributed by atoms with Gasteiger partial charge in [-0.15, -0.1) is 0 Å². The van der Waals surface area contributed by atoms with E-state index >= 15 is 0 Å². The predicted octanol–water partition coefficient (Wildman–Crippen LogP) is 4.14. The molecule has 26 heavy (non-hydrogen) atoms. The maximum Gasteiger partial charge on any atom is 0.269 e. The van der Waals surface area contributed by atoms with Crippen molar-refractivity contribution in [2.75, 3.05) is 11.9 Å². The van der Waals surface area contributed by atoms with Crippen LogP contribution in [0.3, 0.4) is 0 Å². The number of nitro benzene ring substituents is 2. The third-order valence-electron chi connectivity index (χ3n) is 5.10. The Morgan fingerprint density at radius 2 is 1.81 bits per heavy atom. The summed E-state index contributed by atoms with van der Waals surface area (Å²) in [6.45, 7) is 0.602. The van der Waals surface area contributed by atoms with Gasteiger partial charge in [-0.25, -0.2) is 0 Å². The van der Waals surface area contributed by atoms with Gasteiger partial charge >= 0.3 is 0 Å². The van der Waals surface area contributed by atoms with Gasteiger partial charge in [0.2, 0.25) is 0 Å². The van der Waals surface area contributed by atoms with Gasteiger partial charge in [0, 0.05) is 48.0 Å². The fourth-order valence-electron chi connectivity index (χ4n) is 3.93. The van der Waals surface area contributed by atoms with Crippen LogP contribution < -0.4 is 5.32 Å². The Hall–Kier alpha value is -3.00. The normalized spacial score (nSPS) is 24.1. The van der Waals surface area contributed by atoms with Crippen molar-refractivity contribution in [3.8, 4) is 0 Å². The van der Waals surface area contributed by atoms with Crippen LogP contribution in [0.5, 0.6) is 0 Å². The SMILES string of the molecule is O=[N+]([O-])c1cccc([C@@H]2Nc3ccc([N+](=O)[O-])cc3[C@@H]3OCCC[C@H]23)c1. The number of rotatable bonds is 3. The Balaban J connectivity index is 1.77. The summed E-state index contributed by atoms with van der Waals surface area (Å²) in [6.07, 6.45) is 1.51. The number of hydrogen-bond donors (Lipinski definition) is 1. The molecule has 0 aliphatic carbocycles. The van der Waals surface area contributed by atoms with Gasteiger partial charge in [-0.1, -0.05) is 12.1 Å². The average Bonchev–Trinajstić information content (AvgIpc) is 2.67. The standard InChI is InChI=1S/C18H17N3O5/c22-20(23)12-4-1-3-11(9-12)17-14-5-2-8-26-18(14)15-10-13(21(24)25)6-7-16(15)19-17/h1,3-4,6-7,9-10,14,17-19H,2,5,8H2/t14-,17+,18-/m1/s1. The lowest BCUT2D eigenvalue weighted by Crippen LogP contribution is -2.36. The molecule has 0 aromatic heterocycles. The van der Waals surface area contributed by atoms with E-state index in [2.05, 4.69) is 5.32 Å². The molecule has 0 saturated carbocycles. The van der Waals surface area contributed by atoms with Crippen LogP contribution in [0.15, 0.2) is 42.5 Å². The smallest absolute Gasteiger partial charge is 0.269 e. The van der Waals surface area contributed by atoms with Crippen LogP contribution in [0.1, 0.15) is 36.1 Å². The topological polar surface area (TPSA) is 108 Å². The van der Waals surface area contributed by atoms with Crippen LogP contribution in [-0.2, 0) is 4.74 Å². The van der Waals surface area contributed by atoms with Crippen molar-refractivity contribution in [3.63, 3.8) is 0 Å². The molecule has 2 aromatic rings. The monoisotopic (exact) mass is 355 g/mol. The summed E-state index contributed by atoms with van der Waals surface area (Å²) in [5.74, 6) is 0.0558. The minimum absolute atomic E-state index is 0.0345. The highest BCUT2D eigenvalue weighted by Crippen LogP contribution is 2.49. The first kappa shape index (κ1) is 16.5. The molecule has 0 spiro atoms. The number of nitrogens with one attached hydrogen (secondary N) is 1. The van der Waals surface area contributed by atoms with Crippen molar-refractivity contribution in [3.05, 3.63) is 73.8 Å². The summed E-state index contributed by atoms with van der Waals surface area (Å²) < 4.78 is 5.98. The first-order valence-electron chi connectivity index (χ1n) is 8.45. The molecule has 0 amide bonds. The van der Waals surface area contributed by atoms with Gasteiger partial charge in [0.1, 0.15) is 0 Å². The summed E-state index contributed by atoms with van der Waals surface area (Å²) in [5.41, 5.74) is 2.46. The summed E-state index contributed by atoms with van der Waals surface area (Å²) in [5, 5.41) is 25.6. The molecule has 134 valence electrons. The maximum atomic E-state index is 11.1. The first-order chi connectivity index (χ1) is 12.5. The van der Waals surface area contributed by atoms with E-state index < -0.39 is 9.85 Å². The fourth-order valence-corrected chi connectivity index (χ4v) is 3.93. The lowest BCUT2D eigenvalue weighted by atomic mass is 9.77. The van der Waals surface area contributed by atoms with Crippen molar-refractivity contribution in [2.45, 2.75) is 25.0 Å². The van der Waals surface area contributed by atoms with Gasteiger partial charge in [-0.05, 0) is 24.5 Å². The Morgan fingerprint density at radius 1 is 1.04 bits per heavy atom. The van der Waals surface area contributed by atoms with E-state index in [9.17, 15) is 20.2 Å². The molecule has 2 aliphatic heterocycles. The Morgan fingerprint density at radius 3 is 2.58 bits per heavy atom. The van der Waals surface area contributed by atoms with Gasteiger partial charge < -0.3 is 10.1 Å². The van der Waals surface area contributed by atoms with Crippen LogP contribution >= 0.6 is 0 Å². The van der Waals surface area contributed by atoms with E-state index in [1.807, 2.05) is 6.07 Å². The highest BCUT2D eigenvalue weighted by Gasteiger charge is 2.40. The van der Waals surface area contributed by atoms with Crippen molar-refractivity contribution in [1.82, 2.24) is 0 Å². The van der Waals surface area contributed by atoms with E-state index in [1.165, 1.54) is 12.1 Å². The molecule has 1 saturated heterocycles. The quantitative estimate of drug-likeness (QED) is 0.655. The summed E-state index contributed by atoms with van der Waals surface area (Å²) in [7, 11) is 0. The molecule has 2 heterocycles. The largest absolute Gasteiger partial charge is 0.378 e. The summed E-state index contributed by atoms with van der Waals surface area (Å²) in [4.78, 5) is 21.4. The van der Waals surface area contributed by atoms with E-state index in [4.69, 9.17) is 4.74 Å². The summed E-state index contributed by atoms with van der Waals surface area (Å²) >= 11 is 0. The van der Waals surface area contributed by atoms with Crippen molar-refractivity contribution in [1.29, 1.82) is 0 Å². The Kier molecular flexibility index (Phi) is 4.04. The lowest BCUT2D eigenvalue weighted by Gasteiger charge is -2.43. The maximum absolute atomic E-state index is 11.1. The number of nitro groups is 2. The molecular weight excluding hydrogens is 338 g/mol. The minimum Gasteiger partial charge on any atom is -0.378 e. The first-order valence-corrected chi connectivity index (χ1v) is 8.45. The molecule has 0 unspecified atom stereocenters. The lowest BCUT2D eigenvalue weighted by molar-refractivity contribution is -0.385. The van der Waals surface area contributed by atoms with Crippen molar-refractivity contribution < 1.29 is 14.6 Å². The van der Waals surface area contributed by atoms with Crippen LogP contribution in [0.25, 0.3) is 0 Å². The number of anilines is 1. The minimum atomic E-state index is -0.412. The van der Waals surface area contributed by atoms with Gasteiger partial charge in [0.25, 0.3) is 11.4 Å². The van der Waals surface area contributed by atoms with E-state index in [-0.39, 0.29) is 29.4 Å². The second-order valence-electron chi connectivity index (χ2n) is 6.60. The zero-order chi connectivity index (χ0) is 18.3. The Bertz CT molecular complexity index is 885. The fraction of sp³-hybridized carbons (Fsp3) is 0.333. The van der Waals surface area contributed by atoms with E-state index in [0.29, 0.717) is 6.61 Å². The van der Waals surface area contributed by atoms with Gasteiger partial charge in [0.15, 0.2) is 0 Å². The number of hydrogen-bond acceptors (Lipinski definition) is 6. The molecule has 1 fully saturated rings. The molecule has 2 aromatic carbocycles. The second-order valence-corrected chi connectivity index (χ2v) is 6.60. The van der Waals surface area contributed by atoms with Crippen LogP contribution in [0, 0.1) is 26.1 Å². The third kappa shape index (κ3) is 2.78. The molecule has 0 bridgehead atoms. The molecule has 2 aliphatic rings. The molecule has 1 N–H and O–H groups in total. The van der Waals surface area contributed by atoms with Gasteiger partial charge in [-0.2, -0.15) is 0 Å². The Labute approximate surface area is 149 Å². The predicted molar refractivity (Wildman–Crippen MR) is 94.0 cm³/mol. The second kappa shape index (κ2) is 6.38. The molecule has 8 heteroatoms. The van der Waals surface area contributed by atoms with Crippen molar-refractivity contribution >= 4 is 17.1 Å². The molecule has 0 radical (unpaired) electrons. The van der Waals surface area contributed by atoms with Crippen molar-refractivity contribution in [2.24, 2.45) is 5.92 Å². The van der Waals surface area contributed by atoms with Crippen LogP contribution in [0.4, 0.5) is 17.1 Å².